The Kier molecular flexibility index (Phi) is 9.03. The third kappa shape index (κ3) is 6.61. The van der Waals surface area contributed by atoms with Crippen molar-refractivity contribution >= 4 is 23.2 Å². The molecule has 168 valence electrons. The molecule has 3 rings (SSSR count). The summed E-state index contributed by atoms with van der Waals surface area (Å²) in [7, 11) is 0. The number of nitrogens with one attached hydrogen (secondary N) is 1. The molecule has 0 radical (unpaired) electrons. The lowest BCUT2D eigenvalue weighted by Crippen LogP contribution is -2.47. The van der Waals surface area contributed by atoms with E-state index >= 15 is 0 Å². The molecule has 1 heterocycles. The molecule has 31 heavy (non-hydrogen) atoms. The Balaban J connectivity index is 1.89. The lowest BCUT2D eigenvalue weighted by Gasteiger charge is -2.33. The van der Waals surface area contributed by atoms with Gasteiger partial charge >= 0.3 is 0 Å². The largest absolute Gasteiger partial charge is 0.382 e. The van der Waals surface area contributed by atoms with Crippen LogP contribution < -0.4 is 5.32 Å². The molecular formula is C24H31FN2O3S. The smallest absolute Gasteiger partial charge is 0.264 e. The van der Waals surface area contributed by atoms with Gasteiger partial charge in [-0.25, -0.2) is 4.39 Å². The molecule has 1 fully saturated rings. The first-order valence-corrected chi connectivity index (χ1v) is 12.0. The van der Waals surface area contributed by atoms with Crippen molar-refractivity contribution in [3.05, 3.63) is 58.0 Å². The molecule has 1 aliphatic carbocycles. The van der Waals surface area contributed by atoms with E-state index in [9.17, 15) is 14.0 Å². The molecule has 1 aromatic heterocycles. The second-order valence-electron chi connectivity index (χ2n) is 7.82. The van der Waals surface area contributed by atoms with E-state index in [2.05, 4.69) is 5.32 Å². The van der Waals surface area contributed by atoms with E-state index in [1.807, 2.05) is 18.4 Å². The van der Waals surface area contributed by atoms with Crippen molar-refractivity contribution < 1.29 is 18.7 Å². The van der Waals surface area contributed by atoms with Crippen molar-refractivity contribution in [3.8, 4) is 0 Å². The fourth-order valence-corrected chi connectivity index (χ4v) is 4.69. The maximum atomic E-state index is 13.6. The van der Waals surface area contributed by atoms with E-state index in [1.54, 1.807) is 23.1 Å². The molecule has 0 spiro atoms. The normalized spacial score (nSPS) is 15.4. The summed E-state index contributed by atoms with van der Waals surface area (Å²) >= 11 is 1.35. The van der Waals surface area contributed by atoms with Crippen molar-refractivity contribution in [1.29, 1.82) is 0 Å². The molecule has 0 unspecified atom stereocenters. The number of rotatable bonds is 10. The van der Waals surface area contributed by atoms with Crippen LogP contribution >= 0.6 is 11.3 Å². The lowest BCUT2D eigenvalue weighted by molar-refractivity contribution is -0.127. The highest BCUT2D eigenvalue weighted by atomic mass is 32.1. The molecule has 1 N–H and O–H groups in total. The van der Waals surface area contributed by atoms with Crippen LogP contribution in [0.3, 0.4) is 0 Å². The second-order valence-corrected chi connectivity index (χ2v) is 8.77. The van der Waals surface area contributed by atoms with Crippen LogP contribution in [-0.2, 0) is 9.53 Å². The van der Waals surface area contributed by atoms with Gasteiger partial charge in [0.15, 0.2) is 0 Å². The minimum atomic E-state index is -0.821. The third-order valence-electron chi connectivity index (χ3n) is 5.58. The minimum absolute atomic E-state index is 0.117. The molecule has 1 aromatic carbocycles. The average molecular weight is 447 g/mol. The van der Waals surface area contributed by atoms with E-state index < -0.39 is 6.04 Å². The molecule has 0 saturated heterocycles. The Bertz CT molecular complexity index is 820. The lowest BCUT2D eigenvalue weighted by atomic mass is 9.94. The van der Waals surface area contributed by atoms with Gasteiger partial charge in [-0.2, -0.15) is 0 Å². The molecule has 0 aliphatic heterocycles. The summed E-state index contributed by atoms with van der Waals surface area (Å²) in [4.78, 5) is 29.0. The third-order valence-corrected chi connectivity index (χ3v) is 6.44. The number of hydrogen-bond donors (Lipinski definition) is 1. The van der Waals surface area contributed by atoms with Crippen LogP contribution in [0.4, 0.5) is 4.39 Å². The number of carbonyl (C=O) groups excluding carboxylic acids is 2. The zero-order valence-electron chi connectivity index (χ0n) is 18.0. The molecule has 2 amide bonds. The Labute approximate surface area is 187 Å². The zero-order valence-corrected chi connectivity index (χ0v) is 18.8. The first-order valence-electron chi connectivity index (χ1n) is 11.1. The number of hydrogen-bond acceptors (Lipinski definition) is 4. The summed E-state index contributed by atoms with van der Waals surface area (Å²) in [5, 5.41) is 5.01. The predicted octanol–water partition coefficient (Wildman–Crippen LogP) is 4.95. The van der Waals surface area contributed by atoms with E-state index in [0.29, 0.717) is 36.6 Å². The number of ether oxygens (including phenoxy) is 1. The van der Waals surface area contributed by atoms with Gasteiger partial charge in [0, 0.05) is 25.8 Å². The highest BCUT2D eigenvalue weighted by Crippen LogP contribution is 2.27. The van der Waals surface area contributed by atoms with Crippen LogP contribution in [0.25, 0.3) is 0 Å². The number of amides is 2. The van der Waals surface area contributed by atoms with Gasteiger partial charge in [-0.3, -0.25) is 9.59 Å². The standard InChI is InChI=1S/C24H31FN2O3S/c1-2-30-16-7-15-27(24(29)21-10-6-17-31-21)22(18-11-13-19(25)14-12-18)23(28)26-20-8-4-3-5-9-20/h6,10-14,17,20,22H,2-5,7-9,15-16H2,1H3,(H,26,28)/t22-/m1/s1. The fraction of sp³-hybridized carbons (Fsp3) is 0.500. The van der Waals surface area contributed by atoms with Crippen LogP contribution in [0.2, 0.25) is 0 Å². The molecule has 0 bridgehead atoms. The number of thiophene rings is 1. The molecule has 5 nitrogen and oxygen atoms in total. The van der Waals surface area contributed by atoms with Gasteiger partial charge < -0.3 is 15.0 Å². The first-order chi connectivity index (χ1) is 15.1. The van der Waals surface area contributed by atoms with Crippen molar-refractivity contribution in [3.63, 3.8) is 0 Å². The molecule has 2 aromatic rings. The minimum Gasteiger partial charge on any atom is -0.382 e. The van der Waals surface area contributed by atoms with E-state index in [4.69, 9.17) is 4.74 Å². The van der Waals surface area contributed by atoms with Gasteiger partial charge in [-0.1, -0.05) is 37.5 Å². The average Bonchev–Trinajstić information content (AvgIpc) is 3.32. The Morgan fingerprint density at radius 2 is 1.94 bits per heavy atom. The summed E-state index contributed by atoms with van der Waals surface area (Å²) in [6, 6.07) is 8.75. The molecule has 1 saturated carbocycles. The maximum Gasteiger partial charge on any atom is 0.264 e. The van der Waals surface area contributed by atoms with Crippen LogP contribution in [0.1, 0.15) is 66.7 Å². The SMILES string of the molecule is CCOCCCN(C(=O)c1cccs1)[C@@H](C(=O)NC1CCCCC1)c1ccc(F)cc1. The van der Waals surface area contributed by atoms with Gasteiger partial charge in [-0.15, -0.1) is 11.3 Å². The first kappa shape index (κ1) is 23.4. The summed E-state index contributed by atoms with van der Waals surface area (Å²) in [5.41, 5.74) is 0.607. The van der Waals surface area contributed by atoms with E-state index in [0.717, 1.165) is 25.7 Å². The molecular weight excluding hydrogens is 415 g/mol. The van der Waals surface area contributed by atoms with Gasteiger partial charge in [0.25, 0.3) is 5.91 Å². The zero-order chi connectivity index (χ0) is 22.1. The van der Waals surface area contributed by atoms with Crippen molar-refractivity contribution in [2.24, 2.45) is 0 Å². The monoisotopic (exact) mass is 446 g/mol. The van der Waals surface area contributed by atoms with Crippen LogP contribution in [0, 0.1) is 5.82 Å². The maximum absolute atomic E-state index is 13.6. The van der Waals surface area contributed by atoms with Gasteiger partial charge in [-0.05, 0) is 55.3 Å². The summed E-state index contributed by atoms with van der Waals surface area (Å²) in [6.07, 6.45) is 5.89. The number of benzene rings is 1. The second kappa shape index (κ2) is 12.0. The van der Waals surface area contributed by atoms with E-state index in [-0.39, 0.29) is 23.7 Å². The van der Waals surface area contributed by atoms with Crippen LogP contribution in [0.15, 0.2) is 41.8 Å². The molecule has 1 atom stereocenters. The fourth-order valence-electron chi connectivity index (χ4n) is 4.02. The molecule has 7 heteroatoms. The summed E-state index contributed by atoms with van der Waals surface area (Å²) < 4.78 is 19.1. The number of halogens is 1. The Morgan fingerprint density at radius 1 is 1.19 bits per heavy atom. The Morgan fingerprint density at radius 3 is 2.58 bits per heavy atom. The van der Waals surface area contributed by atoms with Crippen LogP contribution in [-0.4, -0.2) is 42.5 Å². The van der Waals surface area contributed by atoms with Gasteiger partial charge in [0.1, 0.15) is 11.9 Å². The summed E-state index contributed by atoms with van der Waals surface area (Å²) in [5.74, 6) is -0.776. The Hall–Kier alpha value is -2.25. The predicted molar refractivity (Wildman–Crippen MR) is 121 cm³/mol. The van der Waals surface area contributed by atoms with Crippen molar-refractivity contribution in [2.45, 2.75) is 57.5 Å². The topological polar surface area (TPSA) is 58.6 Å². The summed E-state index contributed by atoms with van der Waals surface area (Å²) in [6.45, 7) is 3.40. The quantitative estimate of drug-likeness (QED) is 0.526. The number of nitrogens with zero attached hydrogens (tertiary/aromatic N) is 1. The van der Waals surface area contributed by atoms with Crippen molar-refractivity contribution in [2.75, 3.05) is 19.8 Å². The van der Waals surface area contributed by atoms with E-state index in [1.165, 1.54) is 29.9 Å². The highest BCUT2D eigenvalue weighted by Gasteiger charge is 2.33. The van der Waals surface area contributed by atoms with Crippen LogP contribution in [0.5, 0.6) is 0 Å². The van der Waals surface area contributed by atoms with Gasteiger partial charge in [0.2, 0.25) is 5.91 Å². The number of carbonyl (C=O) groups is 2. The molecule has 1 aliphatic rings. The van der Waals surface area contributed by atoms with Crippen molar-refractivity contribution in [1.82, 2.24) is 10.2 Å². The highest BCUT2D eigenvalue weighted by molar-refractivity contribution is 7.12. The van der Waals surface area contributed by atoms with Gasteiger partial charge in [0.05, 0.1) is 4.88 Å².